The van der Waals surface area contributed by atoms with E-state index in [0.29, 0.717) is 5.89 Å². The maximum absolute atomic E-state index is 6.71. The zero-order valence-electron chi connectivity index (χ0n) is 26.1. The zero-order valence-corrected chi connectivity index (χ0v) is 26.1. The van der Waals surface area contributed by atoms with Gasteiger partial charge in [-0.2, -0.15) is 0 Å². The van der Waals surface area contributed by atoms with Gasteiger partial charge in [0.25, 0.3) is 0 Å². The molecular formula is C45H24N2O2. The van der Waals surface area contributed by atoms with Crippen LogP contribution in [-0.2, 0) is 0 Å². The van der Waals surface area contributed by atoms with Gasteiger partial charge in [0, 0.05) is 38.2 Å². The van der Waals surface area contributed by atoms with E-state index in [1.165, 1.54) is 54.8 Å². The SMILES string of the molecule is c1ccc2c(c1)-c1cccc3ccc4c(c13)c1c-2cccc1n4-c1ccc2oc3c4ccccc4cc(-c4nc5ccccc5o4)c3c2c1. The lowest BCUT2D eigenvalue weighted by molar-refractivity contribution is 0.620. The molecule has 1 aliphatic rings. The average Bonchev–Trinajstić information content (AvgIpc) is 3.84. The standard InChI is InChI=1S/C45H24N2O2/c1-2-11-28-26(9-1)23-34(45-46-35-16-5-6-18-39(35)49-45)41-33-24-27(20-22-38(33)48-44(28)41)47-36-17-8-15-32-30-13-4-3-12-29(30)31-14-7-10-25-19-21-37(47)43(40(25)31)42(32)36/h1-24H. The predicted octanol–water partition coefficient (Wildman–Crippen LogP) is 12.4. The number of fused-ring (bicyclic) bond motifs is 9. The Bertz CT molecular complexity index is 3200. The minimum Gasteiger partial charge on any atom is -0.455 e. The molecule has 3 aromatic heterocycles. The molecule has 0 saturated carbocycles. The second kappa shape index (κ2) is 9.03. The normalized spacial score (nSPS) is 12.5. The van der Waals surface area contributed by atoms with E-state index in [2.05, 4.69) is 126 Å². The Morgan fingerprint density at radius 3 is 2.06 bits per heavy atom. The minimum absolute atomic E-state index is 0.589. The first kappa shape index (κ1) is 25.4. The molecule has 0 aliphatic heterocycles. The number of para-hydroxylation sites is 2. The molecule has 0 atom stereocenters. The van der Waals surface area contributed by atoms with Crippen LogP contribution in [0.1, 0.15) is 0 Å². The van der Waals surface area contributed by atoms with Gasteiger partial charge in [-0.15, -0.1) is 0 Å². The smallest absolute Gasteiger partial charge is 0.228 e. The van der Waals surface area contributed by atoms with Crippen molar-refractivity contribution in [3.05, 3.63) is 146 Å². The fourth-order valence-electron chi connectivity index (χ4n) is 8.50. The topological polar surface area (TPSA) is 44.1 Å². The van der Waals surface area contributed by atoms with Gasteiger partial charge in [-0.05, 0) is 86.9 Å². The van der Waals surface area contributed by atoms with Crippen molar-refractivity contribution in [2.45, 2.75) is 0 Å². The third kappa shape index (κ3) is 3.25. The number of hydrogen-bond acceptors (Lipinski definition) is 3. The number of furan rings is 1. The third-order valence-electron chi connectivity index (χ3n) is 10.5. The molecule has 4 heteroatoms. The van der Waals surface area contributed by atoms with E-state index in [4.69, 9.17) is 13.8 Å². The van der Waals surface area contributed by atoms with Crippen LogP contribution in [0.3, 0.4) is 0 Å². The molecule has 0 bridgehead atoms. The first-order valence-electron chi connectivity index (χ1n) is 16.6. The third-order valence-corrected chi connectivity index (χ3v) is 10.5. The summed E-state index contributed by atoms with van der Waals surface area (Å²) in [5, 5.41) is 9.32. The maximum Gasteiger partial charge on any atom is 0.228 e. The molecule has 49 heavy (non-hydrogen) atoms. The van der Waals surface area contributed by atoms with Gasteiger partial charge in [0.15, 0.2) is 5.58 Å². The van der Waals surface area contributed by atoms with Crippen LogP contribution in [0, 0.1) is 0 Å². The van der Waals surface area contributed by atoms with Crippen molar-refractivity contribution < 1.29 is 8.83 Å². The van der Waals surface area contributed by atoms with Gasteiger partial charge in [-0.3, -0.25) is 0 Å². The second-order valence-electron chi connectivity index (χ2n) is 13.1. The Morgan fingerprint density at radius 1 is 0.429 bits per heavy atom. The molecule has 226 valence electrons. The van der Waals surface area contributed by atoms with Gasteiger partial charge in [0.1, 0.15) is 16.7 Å². The monoisotopic (exact) mass is 624 g/mol. The predicted molar refractivity (Wildman–Crippen MR) is 201 cm³/mol. The fraction of sp³-hybridized carbons (Fsp3) is 0. The molecule has 11 aromatic rings. The highest BCUT2D eigenvalue weighted by molar-refractivity contribution is 6.30. The number of nitrogens with zero attached hydrogens (tertiary/aromatic N) is 2. The molecule has 0 fully saturated rings. The Morgan fingerprint density at radius 2 is 1.16 bits per heavy atom. The molecule has 1 aliphatic carbocycles. The summed E-state index contributed by atoms with van der Waals surface area (Å²) >= 11 is 0. The molecule has 0 N–H and O–H groups in total. The highest BCUT2D eigenvalue weighted by atomic mass is 16.3. The van der Waals surface area contributed by atoms with Crippen LogP contribution in [0.2, 0.25) is 0 Å². The van der Waals surface area contributed by atoms with E-state index in [9.17, 15) is 0 Å². The number of benzene rings is 8. The summed E-state index contributed by atoms with van der Waals surface area (Å²) in [5.74, 6) is 0.589. The van der Waals surface area contributed by atoms with Gasteiger partial charge in [-0.25, -0.2) is 4.98 Å². The summed E-state index contributed by atoms with van der Waals surface area (Å²) < 4.78 is 15.5. The van der Waals surface area contributed by atoms with Crippen LogP contribution in [0.4, 0.5) is 0 Å². The van der Waals surface area contributed by atoms with Crippen molar-refractivity contribution in [1.82, 2.24) is 9.55 Å². The largest absolute Gasteiger partial charge is 0.455 e. The van der Waals surface area contributed by atoms with Gasteiger partial charge in [0.2, 0.25) is 5.89 Å². The summed E-state index contributed by atoms with van der Waals surface area (Å²) in [6, 6.07) is 51.9. The summed E-state index contributed by atoms with van der Waals surface area (Å²) in [7, 11) is 0. The van der Waals surface area contributed by atoms with Crippen LogP contribution in [0.25, 0.3) is 116 Å². The number of aromatic nitrogens is 2. The lowest BCUT2D eigenvalue weighted by Gasteiger charge is -2.13. The van der Waals surface area contributed by atoms with Gasteiger partial charge in [0.05, 0.1) is 11.0 Å². The lowest BCUT2D eigenvalue weighted by Crippen LogP contribution is -1.94. The van der Waals surface area contributed by atoms with Crippen LogP contribution < -0.4 is 0 Å². The average molecular weight is 625 g/mol. The molecule has 0 spiro atoms. The van der Waals surface area contributed by atoms with Gasteiger partial charge >= 0.3 is 0 Å². The first-order chi connectivity index (χ1) is 24.3. The molecule has 3 heterocycles. The lowest BCUT2D eigenvalue weighted by atomic mass is 9.93. The maximum atomic E-state index is 6.71. The Labute approximate surface area is 279 Å². The van der Waals surface area contributed by atoms with Crippen molar-refractivity contribution in [3.8, 4) is 39.4 Å². The van der Waals surface area contributed by atoms with E-state index in [1.54, 1.807) is 0 Å². The first-order valence-corrected chi connectivity index (χ1v) is 16.6. The summed E-state index contributed by atoms with van der Waals surface area (Å²) in [6.07, 6.45) is 0. The molecule has 0 amide bonds. The van der Waals surface area contributed by atoms with E-state index in [0.717, 1.165) is 55.1 Å². The fourth-order valence-corrected chi connectivity index (χ4v) is 8.50. The molecule has 0 unspecified atom stereocenters. The van der Waals surface area contributed by atoms with Crippen molar-refractivity contribution >= 4 is 76.4 Å². The van der Waals surface area contributed by atoms with Gasteiger partial charge < -0.3 is 13.4 Å². The Kier molecular flexibility index (Phi) is 4.69. The van der Waals surface area contributed by atoms with Crippen LogP contribution in [-0.4, -0.2) is 9.55 Å². The highest BCUT2D eigenvalue weighted by Gasteiger charge is 2.25. The van der Waals surface area contributed by atoms with Crippen molar-refractivity contribution in [2.24, 2.45) is 0 Å². The molecule has 4 nitrogen and oxygen atoms in total. The molecular weight excluding hydrogens is 601 g/mol. The Balaban J connectivity index is 1.21. The summed E-state index contributed by atoms with van der Waals surface area (Å²) in [6.45, 7) is 0. The van der Waals surface area contributed by atoms with E-state index in [-0.39, 0.29) is 0 Å². The number of oxazole rings is 1. The summed E-state index contributed by atoms with van der Waals surface area (Å²) in [5.41, 5.74) is 12.7. The Hall–Kier alpha value is -6.65. The zero-order chi connectivity index (χ0) is 31.8. The minimum atomic E-state index is 0.589. The molecule has 12 rings (SSSR count). The van der Waals surface area contributed by atoms with E-state index in [1.807, 2.05) is 24.3 Å². The van der Waals surface area contributed by atoms with E-state index < -0.39 is 0 Å². The van der Waals surface area contributed by atoms with Crippen LogP contribution in [0.15, 0.2) is 154 Å². The summed E-state index contributed by atoms with van der Waals surface area (Å²) in [4.78, 5) is 4.94. The molecule has 8 aromatic carbocycles. The molecule has 0 saturated heterocycles. The number of rotatable bonds is 2. The van der Waals surface area contributed by atoms with Crippen LogP contribution >= 0.6 is 0 Å². The molecule has 0 radical (unpaired) electrons. The second-order valence-corrected chi connectivity index (χ2v) is 13.1. The quantitative estimate of drug-likeness (QED) is 0.192. The highest BCUT2D eigenvalue weighted by Crippen LogP contribution is 2.50. The van der Waals surface area contributed by atoms with Crippen molar-refractivity contribution in [2.75, 3.05) is 0 Å². The van der Waals surface area contributed by atoms with Crippen molar-refractivity contribution in [3.63, 3.8) is 0 Å². The van der Waals surface area contributed by atoms with Crippen molar-refractivity contribution in [1.29, 1.82) is 0 Å². The van der Waals surface area contributed by atoms with E-state index >= 15 is 0 Å². The number of hydrogen-bond donors (Lipinski definition) is 0. The van der Waals surface area contributed by atoms with Crippen LogP contribution in [0.5, 0.6) is 0 Å². The van der Waals surface area contributed by atoms with Gasteiger partial charge in [-0.1, -0.05) is 97.1 Å².